The van der Waals surface area contributed by atoms with Crippen molar-refractivity contribution in [3.8, 4) is 5.75 Å². The first-order valence-corrected chi connectivity index (χ1v) is 11.0. The van der Waals surface area contributed by atoms with Gasteiger partial charge in [0, 0.05) is 11.6 Å². The highest BCUT2D eigenvalue weighted by molar-refractivity contribution is 6.02. The van der Waals surface area contributed by atoms with Gasteiger partial charge in [-0.15, -0.1) is 0 Å². The first-order chi connectivity index (χ1) is 17.8. The van der Waals surface area contributed by atoms with Gasteiger partial charge < -0.3 is 19.9 Å². The van der Waals surface area contributed by atoms with Gasteiger partial charge in [0.2, 0.25) is 5.78 Å². The van der Waals surface area contributed by atoms with E-state index < -0.39 is 53.5 Å². The summed E-state index contributed by atoms with van der Waals surface area (Å²) in [5, 5.41) is 0. The Morgan fingerprint density at radius 3 is 2.30 bits per heavy atom. The van der Waals surface area contributed by atoms with Gasteiger partial charge in [-0.1, -0.05) is 48.5 Å². The lowest BCUT2D eigenvalue weighted by atomic mass is 10.1. The summed E-state index contributed by atoms with van der Waals surface area (Å²) in [5.74, 6) is -2.55. The summed E-state index contributed by atoms with van der Waals surface area (Å²) in [6.07, 6.45) is 2.55. The van der Waals surface area contributed by atoms with Crippen molar-refractivity contribution in [1.29, 1.82) is 0 Å². The number of para-hydroxylation sites is 1. The molecule has 0 atom stereocenters. The number of nitrogen functional groups attached to an aromatic ring is 1. The van der Waals surface area contributed by atoms with Gasteiger partial charge in [-0.25, -0.2) is 14.2 Å². The number of ketones is 1. The zero-order valence-corrected chi connectivity index (χ0v) is 20.2. The minimum atomic E-state index is -1.09. The number of carbonyl (C=O) groups is 3. The van der Waals surface area contributed by atoms with E-state index in [9.17, 15) is 24.0 Å². The first kappa shape index (κ1) is 26.7. The van der Waals surface area contributed by atoms with Crippen molar-refractivity contribution < 1.29 is 28.6 Å². The molecule has 192 valence electrons. The molecule has 1 aromatic heterocycles. The van der Waals surface area contributed by atoms with E-state index in [1.165, 1.54) is 13.2 Å². The highest BCUT2D eigenvalue weighted by atomic mass is 16.5. The molecule has 3 rings (SSSR count). The topological polar surface area (TPSA) is 149 Å². The van der Waals surface area contributed by atoms with Crippen LogP contribution in [0.25, 0.3) is 6.08 Å². The summed E-state index contributed by atoms with van der Waals surface area (Å²) >= 11 is 0. The van der Waals surface area contributed by atoms with E-state index in [4.69, 9.17) is 15.2 Å². The van der Waals surface area contributed by atoms with Crippen LogP contribution in [0.2, 0.25) is 0 Å². The normalized spacial score (nSPS) is 10.8. The van der Waals surface area contributed by atoms with Crippen molar-refractivity contribution in [2.45, 2.75) is 13.1 Å². The maximum Gasteiger partial charge on any atom is 0.333 e. The van der Waals surface area contributed by atoms with Crippen LogP contribution in [0.3, 0.4) is 0 Å². The number of hydrogen-bond donors (Lipinski definition) is 1. The van der Waals surface area contributed by atoms with Crippen LogP contribution in [0.15, 0.2) is 70.3 Å². The average Bonchev–Trinajstić information content (AvgIpc) is 2.91. The molecule has 2 N–H and O–H groups in total. The van der Waals surface area contributed by atoms with E-state index >= 15 is 0 Å². The first-order valence-electron chi connectivity index (χ1n) is 11.0. The number of ether oxygens (including phenoxy) is 3. The number of nitrogens with zero attached hydrogens (tertiary/aromatic N) is 2. The number of rotatable bonds is 10. The zero-order chi connectivity index (χ0) is 26.9. The average molecular weight is 507 g/mol. The second kappa shape index (κ2) is 12.2. The van der Waals surface area contributed by atoms with Gasteiger partial charge >= 0.3 is 17.6 Å². The van der Waals surface area contributed by atoms with Gasteiger partial charge in [0.1, 0.15) is 23.7 Å². The third-order valence-electron chi connectivity index (χ3n) is 5.33. The van der Waals surface area contributed by atoms with Crippen molar-refractivity contribution in [2.75, 3.05) is 26.6 Å². The van der Waals surface area contributed by atoms with Gasteiger partial charge in [0.15, 0.2) is 6.61 Å². The lowest BCUT2D eigenvalue weighted by molar-refractivity contribution is -0.141. The molecule has 2 aromatic carbocycles. The number of Topliss-reactive ketones (excluding diaryl/α,β-unsaturated/α-hetero) is 1. The fourth-order valence-electron chi connectivity index (χ4n) is 3.45. The number of anilines is 1. The van der Waals surface area contributed by atoms with Crippen LogP contribution in [0.4, 0.5) is 5.82 Å². The maximum absolute atomic E-state index is 13.0. The molecule has 0 amide bonds. The van der Waals surface area contributed by atoms with Gasteiger partial charge in [-0.2, -0.15) is 0 Å². The van der Waals surface area contributed by atoms with Crippen LogP contribution in [-0.2, 0) is 32.2 Å². The Morgan fingerprint density at radius 2 is 1.62 bits per heavy atom. The van der Waals surface area contributed by atoms with E-state index in [1.807, 2.05) is 0 Å². The van der Waals surface area contributed by atoms with E-state index in [2.05, 4.69) is 4.74 Å². The fraction of sp³-hybridized carbons (Fsp3) is 0.192. The standard InChI is InChI=1S/C26H25N3O8/c1-35-20-11-7-6-10-18(20)12-13-21(31)37-16-19(30)23-24(27)28(14-17-8-4-3-5-9-17)26(34)29(25(23)33)15-22(32)36-2/h3-13H,14-16,27H2,1-2H3. The van der Waals surface area contributed by atoms with Crippen LogP contribution >= 0.6 is 0 Å². The molecule has 3 aromatic rings. The van der Waals surface area contributed by atoms with Gasteiger partial charge in [0.05, 0.1) is 20.8 Å². The van der Waals surface area contributed by atoms with Crippen molar-refractivity contribution in [1.82, 2.24) is 9.13 Å². The summed E-state index contributed by atoms with van der Waals surface area (Å²) in [4.78, 5) is 63.0. The van der Waals surface area contributed by atoms with Crippen LogP contribution in [-0.4, -0.2) is 47.7 Å². The fourth-order valence-corrected chi connectivity index (χ4v) is 3.45. The molecule has 11 nitrogen and oxygen atoms in total. The van der Waals surface area contributed by atoms with Gasteiger partial charge in [-0.3, -0.25) is 19.0 Å². The molecule has 0 saturated heterocycles. The quantitative estimate of drug-likeness (QED) is 0.243. The molecule has 0 bridgehead atoms. The molecule has 0 spiro atoms. The number of methoxy groups -OCH3 is 2. The molecule has 0 aliphatic carbocycles. The molecule has 1 heterocycles. The van der Waals surface area contributed by atoms with Crippen molar-refractivity contribution in [3.05, 3.63) is 98.2 Å². The highest BCUT2D eigenvalue weighted by Gasteiger charge is 2.25. The second-order valence-corrected chi connectivity index (χ2v) is 7.69. The number of carbonyl (C=O) groups excluding carboxylic acids is 3. The Balaban J connectivity index is 1.90. The molecule has 11 heteroatoms. The number of benzene rings is 2. The molecule has 0 radical (unpaired) electrons. The summed E-state index contributed by atoms with van der Waals surface area (Å²) in [6, 6.07) is 15.6. The predicted molar refractivity (Wildman–Crippen MR) is 134 cm³/mol. The molecule has 0 saturated carbocycles. The largest absolute Gasteiger partial charge is 0.496 e. The molecule has 0 aliphatic rings. The Bertz CT molecular complexity index is 1450. The maximum atomic E-state index is 13.0. The van der Waals surface area contributed by atoms with E-state index in [-0.39, 0.29) is 6.54 Å². The predicted octanol–water partition coefficient (Wildman–Crippen LogP) is 1.26. The summed E-state index contributed by atoms with van der Waals surface area (Å²) < 4.78 is 16.3. The number of hydrogen-bond acceptors (Lipinski definition) is 9. The Morgan fingerprint density at radius 1 is 0.946 bits per heavy atom. The van der Waals surface area contributed by atoms with E-state index in [0.29, 0.717) is 21.4 Å². The SMILES string of the molecule is COC(=O)Cn1c(=O)c(C(=O)COC(=O)C=Cc2ccccc2OC)c(N)n(Cc2ccccc2)c1=O. The Hall–Kier alpha value is -4.93. The molecular weight excluding hydrogens is 482 g/mol. The van der Waals surface area contributed by atoms with Crippen LogP contribution in [0.5, 0.6) is 5.75 Å². The van der Waals surface area contributed by atoms with Gasteiger partial charge in [-0.05, 0) is 17.7 Å². The van der Waals surface area contributed by atoms with Crippen LogP contribution in [0.1, 0.15) is 21.5 Å². The number of aromatic nitrogens is 2. The molecule has 37 heavy (non-hydrogen) atoms. The number of esters is 2. The number of nitrogens with two attached hydrogens (primary N) is 1. The minimum Gasteiger partial charge on any atom is -0.496 e. The third-order valence-corrected chi connectivity index (χ3v) is 5.33. The summed E-state index contributed by atoms with van der Waals surface area (Å²) in [5.41, 5.74) is 4.77. The van der Waals surface area contributed by atoms with Crippen LogP contribution in [0, 0.1) is 0 Å². The Labute approximate surface area is 211 Å². The van der Waals surface area contributed by atoms with Crippen molar-refractivity contribution in [3.63, 3.8) is 0 Å². The lowest BCUT2D eigenvalue weighted by Gasteiger charge is -2.16. The second-order valence-electron chi connectivity index (χ2n) is 7.69. The van der Waals surface area contributed by atoms with Crippen LogP contribution < -0.4 is 21.7 Å². The summed E-state index contributed by atoms with van der Waals surface area (Å²) in [7, 11) is 2.58. The monoisotopic (exact) mass is 507 g/mol. The Kier molecular flexibility index (Phi) is 8.76. The molecule has 0 unspecified atom stereocenters. The molecular formula is C26H25N3O8. The highest BCUT2D eigenvalue weighted by Crippen LogP contribution is 2.18. The minimum absolute atomic E-state index is 0.0747. The van der Waals surface area contributed by atoms with E-state index in [0.717, 1.165) is 17.8 Å². The smallest absolute Gasteiger partial charge is 0.333 e. The third kappa shape index (κ3) is 6.40. The lowest BCUT2D eigenvalue weighted by Crippen LogP contribution is -2.46. The summed E-state index contributed by atoms with van der Waals surface area (Å²) in [6.45, 7) is -1.63. The zero-order valence-electron chi connectivity index (χ0n) is 20.2. The van der Waals surface area contributed by atoms with E-state index in [1.54, 1.807) is 54.6 Å². The molecule has 0 fully saturated rings. The molecule has 0 aliphatic heterocycles. The van der Waals surface area contributed by atoms with Crippen molar-refractivity contribution >= 4 is 29.6 Å². The van der Waals surface area contributed by atoms with Gasteiger partial charge in [0.25, 0.3) is 5.56 Å². The van der Waals surface area contributed by atoms with Crippen molar-refractivity contribution in [2.24, 2.45) is 0 Å².